The molecule has 0 fully saturated rings. The van der Waals surface area contributed by atoms with Gasteiger partial charge in [0, 0.05) is 18.6 Å². The van der Waals surface area contributed by atoms with Crippen LogP contribution in [0.2, 0.25) is 0 Å². The highest BCUT2D eigenvalue weighted by atomic mass is 79.9. The minimum absolute atomic E-state index is 0.590. The summed E-state index contributed by atoms with van der Waals surface area (Å²) in [6, 6.07) is 6.53. The van der Waals surface area contributed by atoms with Crippen molar-refractivity contribution in [1.82, 2.24) is 0 Å². The molecule has 0 unspecified atom stereocenters. The van der Waals surface area contributed by atoms with Crippen LogP contribution in [0.15, 0.2) is 22.7 Å². The number of rotatable bonds is 2. The first-order valence-corrected chi connectivity index (χ1v) is 5.28. The van der Waals surface area contributed by atoms with Crippen LogP contribution in [-0.4, -0.2) is 14.1 Å². The van der Waals surface area contributed by atoms with Crippen LogP contribution in [-0.2, 0) is 0 Å². The Bertz CT molecular complexity index is 292. The SMILES string of the molecule is CC(C)c1ccc(N(C)C)c(Br)c1. The van der Waals surface area contributed by atoms with Gasteiger partial charge in [-0.25, -0.2) is 0 Å². The Hall–Kier alpha value is -0.500. The molecule has 0 amide bonds. The zero-order valence-electron chi connectivity index (χ0n) is 8.63. The summed E-state index contributed by atoms with van der Waals surface area (Å²) in [5.74, 6) is 0.590. The van der Waals surface area contributed by atoms with Gasteiger partial charge < -0.3 is 4.90 Å². The predicted octanol–water partition coefficient (Wildman–Crippen LogP) is 3.64. The van der Waals surface area contributed by atoms with Crippen molar-refractivity contribution in [3.63, 3.8) is 0 Å². The van der Waals surface area contributed by atoms with Crippen LogP contribution in [0.5, 0.6) is 0 Å². The third-order valence-corrected chi connectivity index (χ3v) is 2.76. The standard InChI is InChI=1S/C11H16BrN/c1-8(2)9-5-6-11(13(3)4)10(12)7-9/h5-8H,1-4H3. The molecule has 0 saturated heterocycles. The van der Waals surface area contributed by atoms with Crippen molar-refractivity contribution in [2.24, 2.45) is 0 Å². The first kappa shape index (κ1) is 10.6. The average Bonchev–Trinajstić information content (AvgIpc) is 2.03. The number of halogens is 1. The van der Waals surface area contributed by atoms with E-state index in [9.17, 15) is 0 Å². The molecule has 0 spiro atoms. The molecule has 72 valence electrons. The maximum Gasteiger partial charge on any atom is 0.0505 e. The lowest BCUT2D eigenvalue weighted by atomic mass is 10.0. The topological polar surface area (TPSA) is 3.24 Å². The van der Waals surface area contributed by atoms with Gasteiger partial charge in [-0.2, -0.15) is 0 Å². The van der Waals surface area contributed by atoms with E-state index in [1.807, 2.05) is 0 Å². The molecule has 1 aromatic rings. The van der Waals surface area contributed by atoms with Gasteiger partial charge in [-0.15, -0.1) is 0 Å². The summed E-state index contributed by atoms with van der Waals surface area (Å²) >= 11 is 3.57. The molecule has 1 aromatic carbocycles. The van der Waals surface area contributed by atoms with Gasteiger partial charge in [0.15, 0.2) is 0 Å². The first-order valence-electron chi connectivity index (χ1n) is 4.49. The second kappa shape index (κ2) is 4.14. The van der Waals surface area contributed by atoms with Gasteiger partial charge in [0.2, 0.25) is 0 Å². The molecular weight excluding hydrogens is 226 g/mol. The normalized spacial score (nSPS) is 10.6. The maximum absolute atomic E-state index is 3.57. The van der Waals surface area contributed by atoms with Crippen molar-refractivity contribution < 1.29 is 0 Å². The highest BCUT2D eigenvalue weighted by Crippen LogP contribution is 2.28. The summed E-state index contributed by atoms with van der Waals surface area (Å²) in [4.78, 5) is 2.11. The Morgan fingerprint density at radius 2 is 1.85 bits per heavy atom. The number of nitrogens with zero attached hydrogens (tertiary/aromatic N) is 1. The van der Waals surface area contributed by atoms with Gasteiger partial charge in [-0.1, -0.05) is 19.9 Å². The summed E-state index contributed by atoms with van der Waals surface area (Å²) in [6.07, 6.45) is 0. The molecule has 0 heterocycles. The van der Waals surface area contributed by atoms with Crippen molar-refractivity contribution in [1.29, 1.82) is 0 Å². The van der Waals surface area contributed by atoms with Crippen molar-refractivity contribution in [3.05, 3.63) is 28.2 Å². The summed E-state index contributed by atoms with van der Waals surface area (Å²) in [6.45, 7) is 4.41. The predicted molar refractivity (Wildman–Crippen MR) is 62.6 cm³/mol. The van der Waals surface area contributed by atoms with E-state index in [1.165, 1.54) is 15.7 Å². The Morgan fingerprint density at radius 3 is 2.23 bits per heavy atom. The van der Waals surface area contributed by atoms with Crippen LogP contribution < -0.4 is 4.90 Å². The minimum atomic E-state index is 0.590. The van der Waals surface area contributed by atoms with Crippen molar-refractivity contribution in [3.8, 4) is 0 Å². The Labute approximate surface area is 88.9 Å². The summed E-state index contributed by atoms with van der Waals surface area (Å²) in [5.41, 5.74) is 2.60. The van der Waals surface area contributed by atoms with Gasteiger partial charge >= 0.3 is 0 Å². The molecule has 0 saturated carbocycles. The monoisotopic (exact) mass is 241 g/mol. The van der Waals surface area contributed by atoms with Crippen molar-refractivity contribution >= 4 is 21.6 Å². The minimum Gasteiger partial charge on any atom is -0.377 e. The second-order valence-electron chi connectivity index (χ2n) is 3.76. The lowest BCUT2D eigenvalue weighted by Gasteiger charge is -2.16. The fourth-order valence-corrected chi connectivity index (χ4v) is 2.00. The van der Waals surface area contributed by atoms with Crippen LogP contribution in [0.3, 0.4) is 0 Å². The summed E-state index contributed by atoms with van der Waals surface area (Å²) in [5, 5.41) is 0. The Balaban J connectivity index is 3.06. The van der Waals surface area contributed by atoms with Gasteiger partial charge in [0.25, 0.3) is 0 Å². The van der Waals surface area contributed by atoms with E-state index in [2.05, 4.69) is 67.0 Å². The zero-order valence-corrected chi connectivity index (χ0v) is 10.2. The highest BCUT2D eigenvalue weighted by Gasteiger charge is 2.04. The van der Waals surface area contributed by atoms with Crippen molar-refractivity contribution in [2.75, 3.05) is 19.0 Å². The fourth-order valence-electron chi connectivity index (χ4n) is 1.24. The quantitative estimate of drug-likeness (QED) is 0.765. The molecular formula is C11H16BrN. The van der Waals surface area contributed by atoms with Crippen LogP contribution in [0.1, 0.15) is 25.3 Å². The molecule has 0 aromatic heterocycles. The third-order valence-electron chi connectivity index (χ3n) is 2.12. The summed E-state index contributed by atoms with van der Waals surface area (Å²) < 4.78 is 1.17. The Kier molecular flexibility index (Phi) is 3.37. The van der Waals surface area contributed by atoms with Crippen LogP contribution in [0, 0.1) is 0 Å². The van der Waals surface area contributed by atoms with E-state index in [0.717, 1.165) is 0 Å². The average molecular weight is 242 g/mol. The maximum atomic E-state index is 3.57. The van der Waals surface area contributed by atoms with E-state index in [-0.39, 0.29) is 0 Å². The van der Waals surface area contributed by atoms with Crippen LogP contribution in [0.4, 0.5) is 5.69 Å². The van der Waals surface area contributed by atoms with E-state index >= 15 is 0 Å². The summed E-state index contributed by atoms with van der Waals surface area (Å²) in [7, 11) is 4.10. The molecule has 0 atom stereocenters. The first-order chi connectivity index (χ1) is 6.02. The van der Waals surface area contributed by atoms with Crippen molar-refractivity contribution in [2.45, 2.75) is 19.8 Å². The Morgan fingerprint density at radius 1 is 1.23 bits per heavy atom. The van der Waals surface area contributed by atoms with Crippen LogP contribution >= 0.6 is 15.9 Å². The van der Waals surface area contributed by atoms with Gasteiger partial charge in [0.1, 0.15) is 0 Å². The van der Waals surface area contributed by atoms with Gasteiger partial charge in [-0.3, -0.25) is 0 Å². The lowest BCUT2D eigenvalue weighted by Crippen LogP contribution is -2.09. The van der Waals surface area contributed by atoms with E-state index in [0.29, 0.717) is 5.92 Å². The molecule has 13 heavy (non-hydrogen) atoms. The van der Waals surface area contributed by atoms with Crippen LogP contribution in [0.25, 0.3) is 0 Å². The molecule has 1 rings (SSSR count). The number of hydrogen-bond acceptors (Lipinski definition) is 1. The van der Waals surface area contributed by atoms with E-state index in [4.69, 9.17) is 0 Å². The second-order valence-corrected chi connectivity index (χ2v) is 4.61. The molecule has 0 radical (unpaired) electrons. The molecule has 2 heteroatoms. The van der Waals surface area contributed by atoms with E-state index < -0.39 is 0 Å². The third kappa shape index (κ3) is 2.47. The number of anilines is 1. The smallest absolute Gasteiger partial charge is 0.0505 e. The molecule has 0 aliphatic rings. The number of hydrogen-bond donors (Lipinski definition) is 0. The highest BCUT2D eigenvalue weighted by molar-refractivity contribution is 9.10. The molecule has 1 nitrogen and oxygen atoms in total. The van der Waals surface area contributed by atoms with Gasteiger partial charge in [-0.05, 0) is 39.5 Å². The molecule has 0 bridgehead atoms. The fraction of sp³-hybridized carbons (Fsp3) is 0.455. The molecule has 0 aliphatic carbocycles. The molecule has 0 aliphatic heterocycles. The lowest BCUT2D eigenvalue weighted by molar-refractivity contribution is 0.865. The zero-order chi connectivity index (χ0) is 10.0. The number of benzene rings is 1. The largest absolute Gasteiger partial charge is 0.377 e. The van der Waals surface area contributed by atoms with Gasteiger partial charge in [0.05, 0.1) is 5.69 Å². The molecule has 0 N–H and O–H groups in total. The van der Waals surface area contributed by atoms with E-state index in [1.54, 1.807) is 0 Å².